The molecule has 0 saturated heterocycles. The number of methoxy groups -OCH3 is 2. The molecule has 158 valence electrons. The Morgan fingerprint density at radius 1 is 1.07 bits per heavy atom. The van der Waals surface area contributed by atoms with Gasteiger partial charge in [-0.1, -0.05) is 0 Å². The third-order valence-electron chi connectivity index (χ3n) is 4.96. The maximum absolute atomic E-state index is 12.5. The van der Waals surface area contributed by atoms with Crippen LogP contribution < -0.4 is 25.2 Å². The second kappa shape index (κ2) is 8.90. The topological polar surface area (TPSA) is 87.0 Å². The Kier molecular flexibility index (Phi) is 6.30. The Balaban J connectivity index is 1.72. The van der Waals surface area contributed by atoms with E-state index in [2.05, 4.69) is 5.32 Å². The fourth-order valence-corrected chi connectivity index (χ4v) is 3.34. The van der Waals surface area contributed by atoms with E-state index in [9.17, 15) is 9.59 Å². The average molecular weight is 411 g/mol. The quantitative estimate of drug-likeness (QED) is 0.597. The summed E-state index contributed by atoms with van der Waals surface area (Å²) in [7, 11) is 3.16. The lowest BCUT2D eigenvalue weighted by atomic mass is 10.1. The fraction of sp³-hybridized carbons (Fsp3) is 0.304. The lowest BCUT2D eigenvalue weighted by Crippen LogP contribution is -2.31. The van der Waals surface area contributed by atoms with Crippen molar-refractivity contribution in [3.8, 4) is 17.2 Å². The summed E-state index contributed by atoms with van der Waals surface area (Å²) in [4.78, 5) is 24.2. The first-order valence-electron chi connectivity index (χ1n) is 9.52. The lowest BCUT2D eigenvalue weighted by Gasteiger charge is -2.18. The summed E-state index contributed by atoms with van der Waals surface area (Å²) in [6.07, 6.45) is 0. The van der Waals surface area contributed by atoms with Crippen LogP contribution in [0.5, 0.6) is 17.2 Å². The Bertz CT molecular complexity index is 1130. The van der Waals surface area contributed by atoms with Gasteiger partial charge in [0.15, 0.2) is 6.61 Å². The van der Waals surface area contributed by atoms with E-state index in [1.165, 1.54) is 6.07 Å². The second-order valence-corrected chi connectivity index (χ2v) is 7.00. The molecule has 0 unspecified atom stereocenters. The Labute approximate surface area is 174 Å². The van der Waals surface area contributed by atoms with E-state index in [0.717, 1.165) is 16.5 Å². The molecule has 2 aromatic carbocycles. The van der Waals surface area contributed by atoms with Gasteiger partial charge in [0.2, 0.25) is 0 Å². The van der Waals surface area contributed by atoms with Crippen molar-refractivity contribution < 1.29 is 23.4 Å². The van der Waals surface area contributed by atoms with Crippen molar-refractivity contribution in [3.63, 3.8) is 0 Å². The van der Waals surface area contributed by atoms with Gasteiger partial charge in [-0.25, -0.2) is 4.79 Å². The molecule has 1 aromatic heterocycles. The smallest absolute Gasteiger partial charge is 0.336 e. The van der Waals surface area contributed by atoms with Gasteiger partial charge in [-0.05, 0) is 56.7 Å². The van der Waals surface area contributed by atoms with Gasteiger partial charge in [-0.3, -0.25) is 4.79 Å². The number of amides is 1. The molecule has 0 aliphatic carbocycles. The molecule has 7 heteroatoms. The summed E-state index contributed by atoms with van der Waals surface area (Å²) in [6.45, 7) is 5.31. The molecular formula is C23H25NO6. The molecule has 1 heterocycles. The van der Waals surface area contributed by atoms with Crippen LogP contribution in [0.25, 0.3) is 11.0 Å². The van der Waals surface area contributed by atoms with E-state index in [1.54, 1.807) is 39.3 Å². The van der Waals surface area contributed by atoms with Crippen LogP contribution in [-0.2, 0) is 4.79 Å². The van der Waals surface area contributed by atoms with Crippen LogP contribution in [-0.4, -0.2) is 26.7 Å². The average Bonchev–Trinajstić information content (AvgIpc) is 2.73. The molecular weight excluding hydrogens is 386 g/mol. The third kappa shape index (κ3) is 4.40. The Morgan fingerprint density at radius 2 is 1.80 bits per heavy atom. The van der Waals surface area contributed by atoms with Crippen LogP contribution in [0, 0.1) is 13.8 Å². The zero-order valence-corrected chi connectivity index (χ0v) is 17.7. The van der Waals surface area contributed by atoms with Crippen LogP contribution in [0.1, 0.15) is 29.7 Å². The van der Waals surface area contributed by atoms with Gasteiger partial charge in [0.05, 0.1) is 20.3 Å². The summed E-state index contributed by atoms with van der Waals surface area (Å²) in [5.41, 5.74) is 2.34. The highest BCUT2D eigenvalue weighted by Crippen LogP contribution is 2.30. The van der Waals surface area contributed by atoms with Crippen molar-refractivity contribution in [1.29, 1.82) is 0 Å². The number of aryl methyl sites for hydroxylation is 2. The summed E-state index contributed by atoms with van der Waals surface area (Å²) in [5.74, 6) is 1.52. The van der Waals surface area contributed by atoms with Gasteiger partial charge in [0.25, 0.3) is 5.91 Å². The fourth-order valence-electron chi connectivity index (χ4n) is 3.34. The van der Waals surface area contributed by atoms with E-state index in [4.69, 9.17) is 18.6 Å². The monoisotopic (exact) mass is 411 g/mol. The van der Waals surface area contributed by atoms with Crippen molar-refractivity contribution in [1.82, 2.24) is 5.32 Å². The minimum Gasteiger partial charge on any atom is -0.497 e. The molecule has 0 spiro atoms. The highest BCUT2D eigenvalue weighted by molar-refractivity contribution is 5.85. The van der Waals surface area contributed by atoms with Gasteiger partial charge < -0.3 is 23.9 Å². The Hall–Kier alpha value is -3.48. The number of nitrogens with one attached hydrogen (secondary N) is 1. The van der Waals surface area contributed by atoms with Crippen molar-refractivity contribution in [2.75, 3.05) is 20.8 Å². The first-order chi connectivity index (χ1) is 14.3. The number of ether oxygens (including phenoxy) is 3. The van der Waals surface area contributed by atoms with Crippen molar-refractivity contribution in [2.45, 2.75) is 26.8 Å². The summed E-state index contributed by atoms with van der Waals surface area (Å²) in [5, 5.41) is 3.73. The minimum absolute atomic E-state index is 0.182. The number of fused-ring (bicyclic) bond motifs is 1. The lowest BCUT2D eigenvalue weighted by molar-refractivity contribution is -0.123. The van der Waals surface area contributed by atoms with Crippen molar-refractivity contribution in [3.05, 3.63) is 63.5 Å². The molecule has 1 atom stereocenters. The SMILES string of the molecule is COc1ccc(OC)c([C@H](C)NC(=O)COc2ccc3c(C)cc(=O)oc3c2C)c1. The number of rotatable bonds is 7. The zero-order chi connectivity index (χ0) is 21.8. The van der Waals surface area contributed by atoms with E-state index in [-0.39, 0.29) is 18.6 Å². The van der Waals surface area contributed by atoms with E-state index < -0.39 is 5.63 Å². The van der Waals surface area contributed by atoms with Gasteiger partial charge >= 0.3 is 5.63 Å². The highest BCUT2D eigenvalue weighted by atomic mass is 16.5. The van der Waals surface area contributed by atoms with Gasteiger partial charge in [-0.2, -0.15) is 0 Å². The van der Waals surface area contributed by atoms with E-state index in [1.807, 2.05) is 26.0 Å². The summed E-state index contributed by atoms with van der Waals surface area (Å²) in [6, 6.07) is 10.1. The first-order valence-corrected chi connectivity index (χ1v) is 9.52. The van der Waals surface area contributed by atoms with E-state index in [0.29, 0.717) is 28.4 Å². The molecule has 0 aliphatic heterocycles. The van der Waals surface area contributed by atoms with Crippen LogP contribution >= 0.6 is 0 Å². The van der Waals surface area contributed by atoms with Crippen molar-refractivity contribution in [2.24, 2.45) is 0 Å². The summed E-state index contributed by atoms with van der Waals surface area (Å²) >= 11 is 0. The molecule has 0 saturated carbocycles. The standard InChI is InChI=1S/C23H25NO6/c1-13-10-22(26)30-23-14(2)19(9-7-17(13)23)29-12-21(25)24-15(3)18-11-16(27-4)6-8-20(18)28-5/h6-11,15H,12H2,1-5H3,(H,24,25)/t15-/m0/s1. The van der Waals surface area contributed by atoms with Crippen LogP contribution in [0.3, 0.4) is 0 Å². The molecule has 0 radical (unpaired) electrons. The largest absolute Gasteiger partial charge is 0.497 e. The first kappa shape index (κ1) is 21.2. The van der Waals surface area contributed by atoms with Crippen LogP contribution in [0.15, 0.2) is 45.6 Å². The number of carbonyl (C=O) groups excluding carboxylic acids is 1. The predicted octanol–water partition coefficient (Wildman–Crippen LogP) is 3.68. The minimum atomic E-state index is -0.418. The number of benzene rings is 2. The Morgan fingerprint density at radius 3 is 2.50 bits per heavy atom. The van der Waals surface area contributed by atoms with Crippen LogP contribution in [0.4, 0.5) is 0 Å². The van der Waals surface area contributed by atoms with Crippen LogP contribution in [0.2, 0.25) is 0 Å². The summed E-state index contributed by atoms with van der Waals surface area (Å²) < 4.78 is 21.7. The molecule has 3 rings (SSSR count). The molecule has 1 amide bonds. The van der Waals surface area contributed by atoms with Gasteiger partial charge in [0.1, 0.15) is 22.8 Å². The molecule has 30 heavy (non-hydrogen) atoms. The second-order valence-electron chi connectivity index (χ2n) is 7.00. The molecule has 0 fully saturated rings. The normalized spacial score (nSPS) is 11.8. The zero-order valence-electron chi connectivity index (χ0n) is 17.7. The van der Waals surface area contributed by atoms with E-state index >= 15 is 0 Å². The number of hydrogen-bond donors (Lipinski definition) is 1. The molecule has 7 nitrogen and oxygen atoms in total. The molecule has 1 N–H and O–H groups in total. The molecule has 0 aliphatic rings. The highest BCUT2D eigenvalue weighted by Gasteiger charge is 2.17. The molecule has 3 aromatic rings. The number of hydrogen-bond acceptors (Lipinski definition) is 6. The predicted molar refractivity (Wildman–Crippen MR) is 114 cm³/mol. The molecule has 0 bridgehead atoms. The number of carbonyl (C=O) groups is 1. The third-order valence-corrected chi connectivity index (χ3v) is 4.96. The van der Waals surface area contributed by atoms with Gasteiger partial charge in [-0.15, -0.1) is 0 Å². The maximum Gasteiger partial charge on any atom is 0.336 e. The maximum atomic E-state index is 12.5. The van der Waals surface area contributed by atoms with Gasteiger partial charge in [0, 0.05) is 22.6 Å². The van der Waals surface area contributed by atoms with Crippen molar-refractivity contribution >= 4 is 16.9 Å².